The molecule has 200 valence electrons. The van der Waals surface area contributed by atoms with Crippen LogP contribution in [-0.2, 0) is 22.6 Å². The minimum atomic E-state index is -0.584. The van der Waals surface area contributed by atoms with Gasteiger partial charge in [0.05, 0.1) is 12.0 Å². The molecular formula is C29H24BrFN2O5S. The van der Waals surface area contributed by atoms with Crippen molar-refractivity contribution in [1.29, 1.82) is 0 Å². The van der Waals surface area contributed by atoms with Crippen LogP contribution in [0.2, 0.25) is 0 Å². The highest BCUT2D eigenvalue weighted by molar-refractivity contribution is 9.10. The smallest absolute Gasteiger partial charge is 0.294 e. The van der Waals surface area contributed by atoms with E-state index in [1.165, 1.54) is 31.4 Å². The molecule has 3 aromatic carbocycles. The predicted molar refractivity (Wildman–Crippen MR) is 153 cm³/mol. The van der Waals surface area contributed by atoms with Crippen LogP contribution in [0.5, 0.6) is 11.5 Å². The number of amides is 3. The number of hydrogen-bond donors (Lipinski definition) is 1. The van der Waals surface area contributed by atoms with Crippen molar-refractivity contribution < 1.29 is 28.2 Å². The molecule has 0 bridgehead atoms. The topological polar surface area (TPSA) is 84.9 Å². The summed E-state index contributed by atoms with van der Waals surface area (Å²) in [4.78, 5) is 39.0. The fourth-order valence-corrected chi connectivity index (χ4v) is 4.89. The second-order valence-corrected chi connectivity index (χ2v) is 10.4. The lowest BCUT2D eigenvalue weighted by Gasteiger charge is -2.16. The normalized spacial score (nSPS) is 14.0. The van der Waals surface area contributed by atoms with Gasteiger partial charge in [-0.25, -0.2) is 4.39 Å². The third-order valence-corrected chi connectivity index (χ3v) is 7.07. The Morgan fingerprint density at radius 3 is 2.51 bits per heavy atom. The van der Waals surface area contributed by atoms with Gasteiger partial charge in [0.2, 0.25) is 5.91 Å². The first-order valence-corrected chi connectivity index (χ1v) is 13.4. The maximum atomic E-state index is 13.1. The monoisotopic (exact) mass is 610 g/mol. The molecule has 1 saturated heterocycles. The van der Waals surface area contributed by atoms with Gasteiger partial charge in [-0.3, -0.25) is 19.3 Å². The van der Waals surface area contributed by atoms with Crippen LogP contribution in [0.25, 0.3) is 6.08 Å². The third-order valence-electron chi connectivity index (χ3n) is 5.64. The number of benzene rings is 3. The van der Waals surface area contributed by atoms with E-state index in [1.807, 2.05) is 30.3 Å². The van der Waals surface area contributed by atoms with Crippen molar-refractivity contribution in [2.75, 3.05) is 19.0 Å². The molecule has 1 heterocycles. The highest BCUT2D eigenvalue weighted by Gasteiger charge is 2.36. The summed E-state index contributed by atoms with van der Waals surface area (Å²) >= 11 is 4.17. The van der Waals surface area contributed by atoms with E-state index in [-0.39, 0.29) is 4.91 Å². The molecule has 1 aliphatic rings. The van der Waals surface area contributed by atoms with Crippen LogP contribution in [0, 0.1) is 5.82 Å². The average Bonchev–Trinajstić information content (AvgIpc) is 3.17. The lowest BCUT2D eigenvalue weighted by Crippen LogP contribution is -2.36. The van der Waals surface area contributed by atoms with Crippen LogP contribution in [0.15, 0.2) is 82.7 Å². The standard InChI is InChI=1S/C29H24BrFN2O5S/c1-3-4-20-13-19(14-24(37-2)27(20)38-17-18-5-7-21(30)8-6-18)15-25-28(35)33(29(36)39-25)16-26(34)32-23-11-9-22(31)10-12-23/h3,5-15H,1,4,16-17H2,2H3,(H,32,34)/b25-15-. The molecule has 0 aliphatic carbocycles. The molecule has 10 heteroatoms. The van der Waals surface area contributed by atoms with Crippen LogP contribution >= 0.6 is 27.7 Å². The van der Waals surface area contributed by atoms with E-state index in [2.05, 4.69) is 27.8 Å². The molecule has 0 radical (unpaired) electrons. The maximum absolute atomic E-state index is 13.1. The van der Waals surface area contributed by atoms with Crippen molar-refractivity contribution in [2.24, 2.45) is 0 Å². The third kappa shape index (κ3) is 7.15. The van der Waals surface area contributed by atoms with E-state index >= 15 is 0 Å². The Hall–Kier alpha value is -3.89. The van der Waals surface area contributed by atoms with Gasteiger partial charge in [-0.15, -0.1) is 6.58 Å². The maximum Gasteiger partial charge on any atom is 0.294 e. The number of carbonyl (C=O) groups excluding carboxylic acids is 3. The molecule has 0 spiro atoms. The van der Waals surface area contributed by atoms with Crippen LogP contribution in [-0.4, -0.2) is 35.6 Å². The number of rotatable bonds is 10. The van der Waals surface area contributed by atoms with E-state index in [0.29, 0.717) is 35.8 Å². The summed E-state index contributed by atoms with van der Waals surface area (Å²) < 4.78 is 25.8. The molecule has 4 rings (SSSR count). The molecule has 7 nitrogen and oxygen atoms in total. The Morgan fingerprint density at radius 2 is 1.85 bits per heavy atom. The van der Waals surface area contributed by atoms with Crippen molar-refractivity contribution >= 4 is 56.5 Å². The molecule has 1 N–H and O–H groups in total. The second-order valence-electron chi connectivity index (χ2n) is 8.44. The van der Waals surface area contributed by atoms with Crippen molar-refractivity contribution in [3.63, 3.8) is 0 Å². The zero-order chi connectivity index (χ0) is 27.9. The van der Waals surface area contributed by atoms with Crippen LogP contribution < -0.4 is 14.8 Å². The zero-order valence-corrected chi connectivity index (χ0v) is 23.3. The molecule has 1 fully saturated rings. The van der Waals surface area contributed by atoms with Gasteiger partial charge in [-0.2, -0.15) is 0 Å². The Kier molecular flexibility index (Phi) is 9.21. The second kappa shape index (κ2) is 12.8. The van der Waals surface area contributed by atoms with Gasteiger partial charge < -0.3 is 14.8 Å². The van der Waals surface area contributed by atoms with Gasteiger partial charge in [0, 0.05) is 15.7 Å². The highest BCUT2D eigenvalue weighted by atomic mass is 79.9. The Balaban J connectivity index is 1.51. The van der Waals surface area contributed by atoms with Gasteiger partial charge >= 0.3 is 0 Å². The summed E-state index contributed by atoms with van der Waals surface area (Å²) in [5.41, 5.74) is 2.76. The number of hydrogen-bond acceptors (Lipinski definition) is 6. The molecule has 3 aromatic rings. The first kappa shape index (κ1) is 28.1. The van der Waals surface area contributed by atoms with Gasteiger partial charge in [-0.05, 0) is 83.9 Å². The molecular weight excluding hydrogens is 587 g/mol. The fourth-order valence-electron chi connectivity index (χ4n) is 3.79. The summed E-state index contributed by atoms with van der Waals surface area (Å²) in [6.07, 6.45) is 3.80. The number of ether oxygens (including phenoxy) is 2. The molecule has 0 saturated carbocycles. The minimum Gasteiger partial charge on any atom is -0.493 e. The molecule has 3 amide bonds. The summed E-state index contributed by atoms with van der Waals surface area (Å²) in [5, 5.41) is 1.99. The van der Waals surface area contributed by atoms with Crippen LogP contribution in [0.1, 0.15) is 16.7 Å². The number of methoxy groups -OCH3 is 1. The first-order chi connectivity index (χ1) is 18.8. The first-order valence-electron chi connectivity index (χ1n) is 11.8. The summed E-state index contributed by atoms with van der Waals surface area (Å²) in [5.74, 6) is -0.578. The highest BCUT2D eigenvalue weighted by Crippen LogP contribution is 2.37. The molecule has 0 unspecified atom stereocenters. The molecule has 39 heavy (non-hydrogen) atoms. The number of imide groups is 1. The fraction of sp³-hybridized carbons (Fsp3) is 0.138. The zero-order valence-electron chi connectivity index (χ0n) is 20.9. The van der Waals surface area contributed by atoms with E-state index in [9.17, 15) is 18.8 Å². The van der Waals surface area contributed by atoms with Crippen LogP contribution in [0.4, 0.5) is 14.9 Å². The molecule has 0 atom stereocenters. The summed E-state index contributed by atoms with van der Waals surface area (Å²) in [6, 6.07) is 16.5. The SMILES string of the molecule is C=CCc1cc(/C=C2\SC(=O)N(CC(=O)Nc3ccc(F)cc3)C2=O)cc(OC)c1OCc1ccc(Br)cc1. The van der Waals surface area contributed by atoms with E-state index < -0.39 is 29.4 Å². The van der Waals surface area contributed by atoms with E-state index in [0.717, 1.165) is 32.3 Å². The van der Waals surface area contributed by atoms with Gasteiger partial charge in [0.15, 0.2) is 11.5 Å². The Morgan fingerprint density at radius 1 is 1.13 bits per heavy atom. The molecule has 1 aliphatic heterocycles. The van der Waals surface area contributed by atoms with Crippen molar-refractivity contribution in [3.8, 4) is 11.5 Å². The quantitative estimate of drug-likeness (QED) is 0.206. The van der Waals surface area contributed by atoms with Crippen molar-refractivity contribution in [1.82, 2.24) is 4.90 Å². The number of halogens is 2. The van der Waals surface area contributed by atoms with Crippen molar-refractivity contribution in [2.45, 2.75) is 13.0 Å². The van der Waals surface area contributed by atoms with E-state index in [1.54, 1.807) is 18.2 Å². The number of anilines is 1. The summed E-state index contributed by atoms with van der Waals surface area (Å²) in [7, 11) is 1.52. The summed E-state index contributed by atoms with van der Waals surface area (Å²) in [6.45, 7) is 3.68. The van der Waals surface area contributed by atoms with Gasteiger partial charge in [-0.1, -0.05) is 34.1 Å². The largest absolute Gasteiger partial charge is 0.493 e. The van der Waals surface area contributed by atoms with Crippen LogP contribution in [0.3, 0.4) is 0 Å². The van der Waals surface area contributed by atoms with Crippen molar-refractivity contribution in [3.05, 3.63) is 105 Å². The number of thioether (sulfide) groups is 1. The van der Waals surface area contributed by atoms with Gasteiger partial charge in [0.25, 0.3) is 11.1 Å². The van der Waals surface area contributed by atoms with Gasteiger partial charge in [0.1, 0.15) is 19.0 Å². The number of nitrogens with zero attached hydrogens (tertiary/aromatic N) is 1. The lowest BCUT2D eigenvalue weighted by atomic mass is 10.0. The minimum absolute atomic E-state index is 0.171. The number of carbonyl (C=O) groups is 3. The lowest BCUT2D eigenvalue weighted by molar-refractivity contribution is -0.127. The Bertz CT molecular complexity index is 1440. The number of allylic oxidation sites excluding steroid dienone is 1. The molecule has 0 aromatic heterocycles. The predicted octanol–water partition coefficient (Wildman–Crippen LogP) is 6.58. The van der Waals surface area contributed by atoms with E-state index in [4.69, 9.17) is 9.47 Å². The number of nitrogens with one attached hydrogen (secondary N) is 1. The Labute approximate surface area is 237 Å². The average molecular weight is 611 g/mol.